The van der Waals surface area contributed by atoms with E-state index in [9.17, 15) is 5.11 Å². The molecule has 0 bridgehead atoms. The molecular formula is C19H24O2. The average Bonchev–Trinajstić information content (AvgIpc) is 2.55. The van der Waals surface area contributed by atoms with Crippen molar-refractivity contribution in [3.63, 3.8) is 0 Å². The molecule has 2 aromatic carbocycles. The van der Waals surface area contributed by atoms with E-state index in [-0.39, 0.29) is 0 Å². The number of hydrogen-bond acceptors (Lipinski definition) is 2. The molecule has 0 spiro atoms. The zero-order chi connectivity index (χ0) is 14.9. The van der Waals surface area contributed by atoms with Crippen molar-refractivity contribution in [1.82, 2.24) is 0 Å². The quantitative estimate of drug-likeness (QED) is 0.901. The minimum absolute atomic E-state index is 0.434. The lowest BCUT2D eigenvalue weighted by Gasteiger charge is -2.42. The molecule has 0 amide bonds. The fourth-order valence-electron chi connectivity index (χ4n) is 3.61. The molecule has 112 valence electrons. The third-order valence-electron chi connectivity index (χ3n) is 5.14. The Hall–Kier alpha value is -1.38. The molecule has 0 saturated heterocycles. The van der Waals surface area contributed by atoms with E-state index in [1.807, 2.05) is 24.3 Å². The average molecular weight is 284 g/mol. The summed E-state index contributed by atoms with van der Waals surface area (Å²) in [6.07, 6.45) is 3.52. The van der Waals surface area contributed by atoms with Crippen LogP contribution in [0.3, 0.4) is 0 Å². The minimum Gasteiger partial charge on any atom is -0.385 e. The minimum atomic E-state index is -0.568. The Kier molecular flexibility index (Phi) is 4.01. The van der Waals surface area contributed by atoms with E-state index in [0.29, 0.717) is 0 Å². The van der Waals surface area contributed by atoms with Crippen LogP contribution in [0.15, 0.2) is 42.5 Å². The van der Waals surface area contributed by atoms with Gasteiger partial charge >= 0.3 is 0 Å². The van der Waals surface area contributed by atoms with Gasteiger partial charge in [-0.2, -0.15) is 0 Å². The molecule has 2 heteroatoms. The van der Waals surface area contributed by atoms with Gasteiger partial charge in [-0.05, 0) is 47.9 Å². The van der Waals surface area contributed by atoms with Crippen LogP contribution < -0.4 is 0 Å². The lowest BCUT2D eigenvalue weighted by atomic mass is 9.74. The van der Waals surface area contributed by atoms with Crippen molar-refractivity contribution >= 4 is 10.8 Å². The summed E-state index contributed by atoms with van der Waals surface area (Å²) < 4.78 is 5.84. The largest absolute Gasteiger partial charge is 0.385 e. The van der Waals surface area contributed by atoms with E-state index in [1.54, 1.807) is 7.11 Å². The Labute approximate surface area is 126 Å². The van der Waals surface area contributed by atoms with Crippen molar-refractivity contribution in [2.75, 3.05) is 7.11 Å². The summed E-state index contributed by atoms with van der Waals surface area (Å²) in [5, 5.41) is 13.4. The topological polar surface area (TPSA) is 29.5 Å². The maximum absolute atomic E-state index is 11.1. The van der Waals surface area contributed by atoms with Crippen LogP contribution in [0.5, 0.6) is 0 Å². The standard InChI is InChI=1S/C19H24O2/c1-14-10-12-19(21-2,13-11-14)18(20)17-9-5-7-15-6-3-4-8-16(15)17/h3-9,14,18,20H,10-13H2,1-2H3. The van der Waals surface area contributed by atoms with Crippen LogP contribution in [0.1, 0.15) is 44.3 Å². The molecule has 2 aromatic rings. The summed E-state index contributed by atoms with van der Waals surface area (Å²) in [7, 11) is 1.74. The second kappa shape index (κ2) is 5.78. The van der Waals surface area contributed by atoms with Crippen LogP contribution in [0.25, 0.3) is 10.8 Å². The lowest BCUT2D eigenvalue weighted by molar-refractivity contribution is -0.130. The number of aliphatic hydroxyl groups excluding tert-OH is 1. The first-order valence-corrected chi connectivity index (χ1v) is 7.87. The molecule has 1 aliphatic rings. The van der Waals surface area contributed by atoms with Crippen molar-refractivity contribution < 1.29 is 9.84 Å². The molecule has 0 radical (unpaired) electrons. The van der Waals surface area contributed by atoms with Crippen molar-refractivity contribution in [3.05, 3.63) is 48.0 Å². The van der Waals surface area contributed by atoms with Gasteiger partial charge in [-0.15, -0.1) is 0 Å². The molecule has 21 heavy (non-hydrogen) atoms. The van der Waals surface area contributed by atoms with Gasteiger partial charge in [0.1, 0.15) is 6.10 Å². The maximum atomic E-state index is 11.1. The van der Waals surface area contributed by atoms with Crippen LogP contribution in [-0.4, -0.2) is 17.8 Å². The summed E-state index contributed by atoms with van der Waals surface area (Å²) in [6, 6.07) is 14.4. The third kappa shape index (κ3) is 2.58. The highest BCUT2D eigenvalue weighted by Crippen LogP contribution is 2.44. The molecule has 1 atom stereocenters. The van der Waals surface area contributed by atoms with Gasteiger partial charge in [0.2, 0.25) is 0 Å². The lowest BCUT2D eigenvalue weighted by Crippen LogP contribution is -2.42. The van der Waals surface area contributed by atoms with Crippen LogP contribution in [0.4, 0.5) is 0 Å². The smallest absolute Gasteiger partial charge is 0.109 e. The second-order valence-corrected chi connectivity index (χ2v) is 6.42. The molecule has 1 unspecified atom stereocenters. The first kappa shape index (κ1) is 14.6. The Morgan fingerprint density at radius 2 is 1.76 bits per heavy atom. The van der Waals surface area contributed by atoms with Crippen molar-refractivity contribution in [2.24, 2.45) is 5.92 Å². The van der Waals surface area contributed by atoms with Crippen LogP contribution in [0.2, 0.25) is 0 Å². The van der Waals surface area contributed by atoms with Crippen LogP contribution in [-0.2, 0) is 4.74 Å². The van der Waals surface area contributed by atoms with E-state index in [2.05, 4.69) is 25.1 Å². The Morgan fingerprint density at radius 1 is 1.10 bits per heavy atom. The number of aliphatic hydroxyl groups is 1. The van der Waals surface area contributed by atoms with Gasteiger partial charge < -0.3 is 9.84 Å². The van der Waals surface area contributed by atoms with Crippen LogP contribution >= 0.6 is 0 Å². The summed E-state index contributed by atoms with van der Waals surface area (Å²) >= 11 is 0. The third-order valence-corrected chi connectivity index (χ3v) is 5.14. The molecule has 2 nitrogen and oxygen atoms in total. The molecule has 0 heterocycles. The number of fused-ring (bicyclic) bond motifs is 1. The predicted octanol–water partition coefficient (Wildman–Crippen LogP) is 4.47. The molecule has 1 saturated carbocycles. The van der Waals surface area contributed by atoms with E-state index in [0.717, 1.165) is 42.6 Å². The van der Waals surface area contributed by atoms with E-state index in [4.69, 9.17) is 4.74 Å². The van der Waals surface area contributed by atoms with Gasteiger partial charge in [0.25, 0.3) is 0 Å². The number of hydrogen-bond donors (Lipinski definition) is 1. The van der Waals surface area contributed by atoms with Gasteiger partial charge in [0, 0.05) is 7.11 Å². The summed E-state index contributed by atoms with van der Waals surface area (Å²) in [6.45, 7) is 2.28. The molecule has 1 aliphatic carbocycles. The summed E-state index contributed by atoms with van der Waals surface area (Å²) in [5.74, 6) is 0.730. The molecule has 1 N–H and O–H groups in total. The van der Waals surface area contributed by atoms with Gasteiger partial charge in [-0.25, -0.2) is 0 Å². The van der Waals surface area contributed by atoms with Gasteiger partial charge in [0.15, 0.2) is 0 Å². The zero-order valence-corrected chi connectivity index (χ0v) is 12.9. The highest BCUT2D eigenvalue weighted by atomic mass is 16.5. The van der Waals surface area contributed by atoms with Gasteiger partial charge in [-0.3, -0.25) is 0 Å². The second-order valence-electron chi connectivity index (χ2n) is 6.42. The zero-order valence-electron chi connectivity index (χ0n) is 12.9. The van der Waals surface area contributed by atoms with E-state index < -0.39 is 11.7 Å². The molecule has 0 aliphatic heterocycles. The SMILES string of the molecule is COC1(C(O)c2cccc3ccccc23)CCC(C)CC1. The van der Waals surface area contributed by atoms with Gasteiger partial charge in [0.05, 0.1) is 5.60 Å². The van der Waals surface area contributed by atoms with E-state index >= 15 is 0 Å². The summed E-state index contributed by atoms with van der Waals surface area (Å²) in [4.78, 5) is 0. The normalized spacial score (nSPS) is 27.7. The molecule has 0 aromatic heterocycles. The number of rotatable bonds is 3. The number of ether oxygens (including phenoxy) is 1. The molecule has 3 rings (SSSR count). The first-order chi connectivity index (χ1) is 10.2. The van der Waals surface area contributed by atoms with Crippen LogP contribution in [0, 0.1) is 5.92 Å². The Morgan fingerprint density at radius 3 is 2.48 bits per heavy atom. The number of benzene rings is 2. The Balaban J connectivity index is 2.01. The van der Waals surface area contributed by atoms with E-state index in [1.165, 1.54) is 5.39 Å². The predicted molar refractivity (Wildman–Crippen MR) is 86.3 cm³/mol. The molecular weight excluding hydrogens is 260 g/mol. The first-order valence-electron chi connectivity index (χ1n) is 7.87. The highest BCUT2D eigenvalue weighted by Gasteiger charge is 2.41. The highest BCUT2D eigenvalue weighted by molar-refractivity contribution is 5.86. The van der Waals surface area contributed by atoms with Gasteiger partial charge in [-0.1, -0.05) is 49.4 Å². The fraction of sp³-hybridized carbons (Fsp3) is 0.474. The summed E-state index contributed by atoms with van der Waals surface area (Å²) in [5.41, 5.74) is 0.556. The monoisotopic (exact) mass is 284 g/mol. The molecule has 1 fully saturated rings. The van der Waals surface area contributed by atoms with Crippen molar-refractivity contribution in [1.29, 1.82) is 0 Å². The number of methoxy groups -OCH3 is 1. The fourth-order valence-corrected chi connectivity index (χ4v) is 3.61. The maximum Gasteiger partial charge on any atom is 0.109 e. The van der Waals surface area contributed by atoms with Crippen molar-refractivity contribution in [2.45, 2.75) is 44.3 Å². The van der Waals surface area contributed by atoms with Crippen molar-refractivity contribution in [3.8, 4) is 0 Å². The Bertz CT molecular complexity index is 606.